The lowest BCUT2D eigenvalue weighted by Crippen LogP contribution is -1.96. The molecule has 0 spiro atoms. The number of nitrogens with zero attached hydrogens (tertiary/aromatic N) is 1. The number of imidazole rings is 1. The van der Waals surface area contributed by atoms with E-state index in [4.69, 9.17) is 4.74 Å². The third-order valence-electron chi connectivity index (χ3n) is 2.27. The predicted molar refractivity (Wildman–Crippen MR) is 64.9 cm³/mol. The van der Waals surface area contributed by atoms with Crippen LogP contribution < -0.4 is 4.74 Å². The second-order valence-corrected chi connectivity index (χ2v) is 3.41. The molecule has 1 aromatic heterocycles. The number of aromatic nitrogens is 2. The van der Waals surface area contributed by atoms with Gasteiger partial charge in [-0.1, -0.05) is 18.2 Å². The third-order valence-corrected chi connectivity index (χ3v) is 2.27. The molecule has 2 rings (SSSR count). The maximum atomic E-state index is 11.6. The maximum absolute atomic E-state index is 11.6. The van der Waals surface area contributed by atoms with E-state index in [9.17, 15) is 4.79 Å². The summed E-state index contributed by atoms with van der Waals surface area (Å²) in [7, 11) is 1.62. The van der Waals surface area contributed by atoms with Crippen LogP contribution >= 0.6 is 0 Å². The van der Waals surface area contributed by atoms with Gasteiger partial charge in [-0.2, -0.15) is 0 Å². The average Bonchev–Trinajstić information content (AvgIpc) is 2.90. The number of carbonyl (C=O) groups excluding carboxylic acids is 1. The smallest absolute Gasteiger partial charge is 0.221 e. The fourth-order valence-corrected chi connectivity index (χ4v) is 1.37. The Morgan fingerprint density at radius 1 is 1.35 bits per heavy atom. The minimum absolute atomic E-state index is 0.147. The number of hydrogen-bond acceptors (Lipinski definition) is 3. The lowest BCUT2D eigenvalue weighted by molar-refractivity contribution is 0.103. The zero-order valence-electron chi connectivity index (χ0n) is 9.38. The van der Waals surface area contributed by atoms with Crippen molar-refractivity contribution in [3.8, 4) is 5.75 Å². The average molecular weight is 228 g/mol. The molecule has 2 aromatic rings. The van der Waals surface area contributed by atoms with Crippen LogP contribution in [0.25, 0.3) is 6.08 Å². The van der Waals surface area contributed by atoms with E-state index in [1.54, 1.807) is 25.6 Å². The Morgan fingerprint density at radius 2 is 2.12 bits per heavy atom. The van der Waals surface area contributed by atoms with E-state index in [-0.39, 0.29) is 5.78 Å². The maximum Gasteiger partial charge on any atom is 0.221 e. The second-order valence-electron chi connectivity index (χ2n) is 3.41. The van der Waals surface area contributed by atoms with E-state index in [1.807, 2.05) is 24.3 Å². The molecule has 86 valence electrons. The molecule has 1 N–H and O–H groups in total. The van der Waals surface area contributed by atoms with Gasteiger partial charge in [0.2, 0.25) is 5.78 Å². The summed E-state index contributed by atoms with van der Waals surface area (Å²) in [5, 5.41) is 0. The molecule has 0 atom stereocenters. The molecule has 0 saturated heterocycles. The highest BCUT2D eigenvalue weighted by Crippen LogP contribution is 2.12. The molecule has 1 aromatic carbocycles. The van der Waals surface area contributed by atoms with Gasteiger partial charge in [-0.15, -0.1) is 0 Å². The Hall–Kier alpha value is -2.36. The number of carbonyl (C=O) groups is 1. The Labute approximate surface area is 99.0 Å². The molecule has 0 aliphatic rings. The Bertz CT molecular complexity index is 513. The second kappa shape index (κ2) is 5.12. The molecule has 0 unspecified atom stereocenters. The van der Waals surface area contributed by atoms with Crippen LogP contribution in [0.15, 0.2) is 42.7 Å². The quantitative estimate of drug-likeness (QED) is 0.645. The first-order valence-electron chi connectivity index (χ1n) is 5.15. The monoisotopic (exact) mass is 228 g/mol. The summed E-state index contributed by atoms with van der Waals surface area (Å²) in [5.74, 6) is 0.986. The number of allylic oxidation sites excluding steroid dienone is 1. The summed E-state index contributed by atoms with van der Waals surface area (Å²) in [5.41, 5.74) is 0.936. The van der Waals surface area contributed by atoms with Crippen LogP contribution in [0.2, 0.25) is 0 Å². The van der Waals surface area contributed by atoms with Gasteiger partial charge in [0.25, 0.3) is 0 Å². The Balaban J connectivity index is 2.07. The van der Waals surface area contributed by atoms with Crippen molar-refractivity contribution in [2.45, 2.75) is 0 Å². The Morgan fingerprint density at radius 3 is 2.71 bits per heavy atom. The largest absolute Gasteiger partial charge is 0.497 e. The van der Waals surface area contributed by atoms with Crippen molar-refractivity contribution in [2.24, 2.45) is 0 Å². The van der Waals surface area contributed by atoms with Gasteiger partial charge in [-0.05, 0) is 23.8 Å². The molecule has 0 fully saturated rings. The van der Waals surface area contributed by atoms with Gasteiger partial charge >= 0.3 is 0 Å². The van der Waals surface area contributed by atoms with E-state index < -0.39 is 0 Å². The number of H-pyrrole nitrogens is 1. The summed E-state index contributed by atoms with van der Waals surface area (Å²) in [6.45, 7) is 0. The molecule has 1 heterocycles. The molecule has 0 aliphatic carbocycles. The number of aromatic amines is 1. The van der Waals surface area contributed by atoms with Crippen molar-refractivity contribution in [3.63, 3.8) is 0 Å². The first kappa shape index (κ1) is 11.1. The van der Waals surface area contributed by atoms with Gasteiger partial charge < -0.3 is 9.72 Å². The molecule has 17 heavy (non-hydrogen) atoms. The zero-order chi connectivity index (χ0) is 12.1. The van der Waals surface area contributed by atoms with Gasteiger partial charge in [0.05, 0.1) is 7.11 Å². The zero-order valence-corrected chi connectivity index (χ0v) is 9.38. The van der Waals surface area contributed by atoms with E-state index in [2.05, 4.69) is 9.97 Å². The lowest BCUT2D eigenvalue weighted by Gasteiger charge is -1.98. The normalized spacial score (nSPS) is 10.6. The molecule has 4 heteroatoms. The number of ether oxygens (including phenoxy) is 1. The van der Waals surface area contributed by atoms with Crippen LogP contribution in [0.1, 0.15) is 16.2 Å². The number of ketones is 1. The summed E-state index contributed by atoms with van der Waals surface area (Å²) in [6.07, 6.45) is 6.40. The van der Waals surface area contributed by atoms with Crippen molar-refractivity contribution in [3.05, 3.63) is 54.1 Å². The molecular formula is C13H12N2O2. The summed E-state index contributed by atoms with van der Waals surface area (Å²) < 4.78 is 5.05. The Kier molecular flexibility index (Phi) is 3.35. The minimum atomic E-state index is -0.147. The highest BCUT2D eigenvalue weighted by atomic mass is 16.5. The summed E-state index contributed by atoms with van der Waals surface area (Å²) >= 11 is 0. The van der Waals surface area contributed by atoms with Gasteiger partial charge in [-0.3, -0.25) is 4.79 Å². The van der Waals surface area contributed by atoms with Crippen LogP contribution in [-0.4, -0.2) is 22.9 Å². The third kappa shape index (κ3) is 2.81. The first-order valence-corrected chi connectivity index (χ1v) is 5.15. The van der Waals surface area contributed by atoms with Crippen molar-refractivity contribution in [1.29, 1.82) is 0 Å². The molecule has 0 bridgehead atoms. The number of nitrogens with one attached hydrogen (secondary N) is 1. The van der Waals surface area contributed by atoms with Crippen LogP contribution in [0, 0.1) is 0 Å². The standard InChI is InChI=1S/C13H12N2O2/c1-17-11-5-2-10(3-6-11)4-7-12(16)13-14-8-9-15-13/h2-9H,1H3,(H,14,15). The number of methoxy groups -OCH3 is 1. The number of hydrogen-bond donors (Lipinski definition) is 1. The summed E-state index contributed by atoms with van der Waals surface area (Å²) in [6, 6.07) is 7.45. The van der Waals surface area contributed by atoms with Gasteiger partial charge in [0.15, 0.2) is 5.82 Å². The highest BCUT2D eigenvalue weighted by molar-refractivity contribution is 6.04. The molecule has 0 radical (unpaired) electrons. The fourth-order valence-electron chi connectivity index (χ4n) is 1.37. The van der Waals surface area contributed by atoms with Crippen LogP contribution in [0.3, 0.4) is 0 Å². The van der Waals surface area contributed by atoms with Gasteiger partial charge in [-0.25, -0.2) is 4.98 Å². The van der Waals surface area contributed by atoms with E-state index >= 15 is 0 Å². The van der Waals surface area contributed by atoms with E-state index in [1.165, 1.54) is 6.08 Å². The predicted octanol–water partition coefficient (Wildman–Crippen LogP) is 2.31. The molecule has 0 amide bonds. The molecule has 0 saturated carbocycles. The highest BCUT2D eigenvalue weighted by Gasteiger charge is 2.02. The molecular weight excluding hydrogens is 216 g/mol. The fraction of sp³-hybridized carbons (Fsp3) is 0.0769. The van der Waals surface area contributed by atoms with Gasteiger partial charge in [0, 0.05) is 12.4 Å². The molecule has 0 aliphatic heterocycles. The van der Waals surface area contributed by atoms with Crippen LogP contribution in [0.5, 0.6) is 5.75 Å². The van der Waals surface area contributed by atoms with Crippen LogP contribution in [-0.2, 0) is 0 Å². The summed E-state index contributed by atoms with van der Waals surface area (Å²) in [4.78, 5) is 18.2. The van der Waals surface area contributed by atoms with Gasteiger partial charge in [0.1, 0.15) is 5.75 Å². The van der Waals surface area contributed by atoms with E-state index in [0.29, 0.717) is 5.82 Å². The SMILES string of the molecule is COc1ccc(C=CC(=O)c2ncc[nH]2)cc1. The van der Waals surface area contributed by atoms with E-state index in [0.717, 1.165) is 11.3 Å². The topological polar surface area (TPSA) is 55.0 Å². The molecule has 4 nitrogen and oxygen atoms in total. The van der Waals surface area contributed by atoms with Crippen LogP contribution in [0.4, 0.5) is 0 Å². The van der Waals surface area contributed by atoms with Crippen molar-refractivity contribution in [2.75, 3.05) is 7.11 Å². The number of rotatable bonds is 4. The van der Waals surface area contributed by atoms with Crippen molar-refractivity contribution >= 4 is 11.9 Å². The minimum Gasteiger partial charge on any atom is -0.497 e. The first-order chi connectivity index (χ1) is 8.29. The van der Waals surface area contributed by atoms with Crippen molar-refractivity contribution in [1.82, 2.24) is 9.97 Å². The van der Waals surface area contributed by atoms with Crippen molar-refractivity contribution < 1.29 is 9.53 Å². The number of benzene rings is 1. The lowest BCUT2D eigenvalue weighted by atomic mass is 10.2.